The summed E-state index contributed by atoms with van der Waals surface area (Å²) in [6.07, 6.45) is 2.32. The van der Waals surface area contributed by atoms with Crippen LogP contribution in [0.4, 0.5) is 10.9 Å². The third-order valence-electron chi connectivity index (χ3n) is 3.83. The molecule has 1 aromatic carbocycles. The van der Waals surface area contributed by atoms with Crippen LogP contribution in [-0.4, -0.2) is 20.2 Å². The van der Waals surface area contributed by atoms with Gasteiger partial charge in [0.05, 0.1) is 5.39 Å². The standard InChI is InChI=1S/C17H14ClN5OS/c1-3-12-22-23-17(25-12)21-15-13-9(2)14(24-16(13)20-8-19-15)10-4-6-11(18)7-5-10/h4-8H,3H2,1-2H3,(H,19,20,21,23). The molecule has 0 amide bonds. The number of anilines is 2. The van der Waals surface area contributed by atoms with E-state index in [2.05, 4.69) is 25.5 Å². The Balaban J connectivity index is 1.79. The fourth-order valence-corrected chi connectivity index (χ4v) is 3.40. The van der Waals surface area contributed by atoms with Gasteiger partial charge in [0.1, 0.15) is 22.9 Å². The first-order valence-corrected chi connectivity index (χ1v) is 8.94. The minimum Gasteiger partial charge on any atom is -0.437 e. The van der Waals surface area contributed by atoms with E-state index in [1.165, 1.54) is 17.7 Å². The van der Waals surface area contributed by atoms with Gasteiger partial charge in [0, 0.05) is 16.1 Å². The van der Waals surface area contributed by atoms with Gasteiger partial charge in [-0.25, -0.2) is 9.97 Å². The van der Waals surface area contributed by atoms with Crippen LogP contribution in [-0.2, 0) is 6.42 Å². The smallest absolute Gasteiger partial charge is 0.232 e. The maximum Gasteiger partial charge on any atom is 0.232 e. The zero-order valence-corrected chi connectivity index (χ0v) is 15.1. The molecule has 0 fully saturated rings. The van der Waals surface area contributed by atoms with Crippen molar-refractivity contribution >= 4 is 45.0 Å². The van der Waals surface area contributed by atoms with Crippen LogP contribution in [0.25, 0.3) is 22.4 Å². The van der Waals surface area contributed by atoms with Crippen LogP contribution in [0.5, 0.6) is 0 Å². The van der Waals surface area contributed by atoms with Gasteiger partial charge < -0.3 is 9.73 Å². The number of hydrogen-bond acceptors (Lipinski definition) is 7. The molecule has 0 saturated heterocycles. The van der Waals surface area contributed by atoms with Crippen LogP contribution < -0.4 is 5.32 Å². The predicted molar refractivity (Wildman–Crippen MR) is 99.6 cm³/mol. The predicted octanol–water partition coefficient (Wildman–Crippen LogP) is 5.01. The van der Waals surface area contributed by atoms with Crippen molar-refractivity contribution in [2.45, 2.75) is 20.3 Å². The molecule has 0 unspecified atom stereocenters. The second-order valence-corrected chi connectivity index (χ2v) is 6.94. The molecule has 25 heavy (non-hydrogen) atoms. The Morgan fingerprint density at radius 1 is 1.16 bits per heavy atom. The van der Waals surface area contributed by atoms with Gasteiger partial charge in [0.15, 0.2) is 0 Å². The summed E-state index contributed by atoms with van der Waals surface area (Å²) in [6.45, 7) is 4.04. The van der Waals surface area contributed by atoms with E-state index in [4.69, 9.17) is 16.0 Å². The molecule has 0 saturated carbocycles. The number of fused-ring (bicyclic) bond motifs is 1. The molecule has 0 aliphatic rings. The van der Waals surface area contributed by atoms with Crippen LogP contribution >= 0.6 is 22.9 Å². The highest BCUT2D eigenvalue weighted by Crippen LogP contribution is 2.36. The molecule has 126 valence electrons. The number of nitrogens with one attached hydrogen (secondary N) is 1. The van der Waals surface area contributed by atoms with Crippen LogP contribution in [0.2, 0.25) is 5.02 Å². The lowest BCUT2D eigenvalue weighted by molar-refractivity contribution is 0.615. The quantitative estimate of drug-likeness (QED) is 0.543. The molecule has 3 aromatic heterocycles. The number of benzene rings is 1. The summed E-state index contributed by atoms with van der Waals surface area (Å²) in [4.78, 5) is 8.61. The van der Waals surface area contributed by atoms with E-state index in [0.717, 1.165) is 33.7 Å². The van der Waals surface area contributed by atoms with Gasteiger partial charge in [-0.1, -0.05) is 29.9 Å². The third-order valence-corrected chi connectivity index (χ3v) is 5.06. The summed E-state index contributed by atoms with van der Waals surface area (Å²) in [5.41, 5.74) is 2.43. The highest BCUT2D eigenvalue weighted by Gasteiger charge is 2.18. The molecule has 0 spiro atoms. The van der Waals surface area contributed by atoms with Crippen molar-refractivity contribution in [2.75, 3.05) is 5.32 Å². The van der Waals surface area contributed by atoms with Crippen LogP contribution in [0.15, 0.2) is 35.0 Å². The number of nitrogens with zero attached hydrogens (tertiary/aromatic N) is 4. The van der Waals surface area contributed by atoms with Gasteiger partial charge in [0.2, 0.25) is 10.8 Å². The molecular formula is C17H14ClN5OS. The minimum absolute atomic E-state index is 0.528. The monoisotopic (exact) mass is 371 g/mol. The van der Waals surface area contributed by atoms with Crippen LogP contribution in [0.3, 0.4) is 0 Å². The second-order valence-electron chi connectivity index (χ2n) is 5.45. The molecule has 4 aromatic rings. The van der Waals surface area contributed by atoms with Crippen LogP contribution in [0.1, 0.15) is 17.5 Å². The highest BCUT2D eigenvalue weighted by atomic mass is 35.5. The molecule has 0 aliphatic carbocycles. The minimum atomic E-state index is 0.528. The average molecular weight is 372 g/mol. The zero-order valence-electron chi connectivity index (χ0n) is 13.6. The Morgan fingerprint density at radius 2 is 1.96 bits per heavy atom. The van der Waals surface area contributed by atoms with E-state index in [9.17, 15) is 0 Å². The maximum absolute atomic E-state index is 5.97. The van der Waals surface area contributed by atoms with Gasteiger partial charge in [-0.2, -0.15) is 0 Å². The van der Waals surface area contributed by atoms with Gasteiger partial charge >= 0.3 is 0 Å². The first-order valence-electron chi connectivity index (χ1n) is 7.75. The molecule has 1 N–H and O–H groups in total. The highest BCUT2D eigenvalue weighted by molar-refractivity contribution is 7.15. The van der Waals surface area contributed by atoms with E-state index < -0.39 is 0 Å². The lowest BCUT2D eigenvalue weighted by Gasteiger charge is -2.02. The number of furan rings is 1. The fraction of sp³-hybridized carbons (Fsp3) is 0.176. The number of rotatable bonds is 4. The number of halogens is 1. The van der Waals surface area contributed by atoms with E-state index in [0.29, 0.717) is 21.7 Å². The average Bonchev–Trinajstić information content (AvgIpc) is 3.21. The largest absolute Gasteiger partial charge is 0.437 e. The van der Waals surface area contributed by atoms with Crippen molar-refractivity contribution in [3.63, 3.8) is 0 Å². The van der Waals surface area contributed by atoms with Crippen molar-refractivity contribution < 1.29 is 4.42 Å². The first kappa shape index (κ1) is 16.0. The van der Waals surface area contributed by atoms with E-state index in [-0.39, 0.29) is 0 Å². The molecule has 8 heteroatoms. The molecule has 4 rings (SSSR count). The summed E-state index contributed by atoms with van der Waals surface area (Å²) >= 11 is 7.48. The Morgan fingerprint density at radius 3 is 2.68 bits per heavy atom. The zero-order chi connectivity index (χ0) is 17.4. The Bertz CT molecular complexity index is 1040. The summed E-state index contributed by atoms with van der Waals surface area (Å²) < 4.78 is 5.96. The molecule has 0 radical (unpaired) electrons. The van der Waals surface area contributed by atoms with Gasteiger partial charge in [-0.15, -0.1) is 10.2 Å². The molecule has 6 nitrogen and oxygen atoms in total. The number of aryl methyl sites for hydroxylation is 2. The Labute approximate surface area is 152 Å². The molecule has 3 heterocycles. The number of hydrogen-bond donors (Lipinski definition) is 1. The molecular weight excluding hydrogens is 358 g/mol. The normalized spacial score (nSPS) is 11.2. The topological polar surface area (TPSA) is 76.7 Å². The summed E-state index contributed by atoms with van der Waals surface area (Å²) in [5.74, 6) is 1.41. The lowest BCUT2D eigenvalue weighted by atomic mass is 10.1. The molecule has 0 bridgehead atoms. The van der Waals surface area contributed by atoms with Crippen molar-refractivity contribution in [1.82, 2.24) is 20.2 Å². The van der Waals surface area contributed by atoms with E-state index in [1.54, 1.807) is 0 Å². The Hall–Kier alpha value is -2.51. The maximum atomic E-state index is 5.97. The van der Waals surface area contributed by atoms with Crippen LogP contribution in [0, 0.1) is 6.92 Å². The van der Waals surface area contributed by atoms with Gasteiger partial charge in [-0.3, -0.25) is 0 Å². The lowest BCUT2D eigenvalue weighted by Crippen LogP contribution is -1.95. The first-order chi connectivity index (χ1) is 12.2. The van der Waals surface area contributed by atoms with Crippen molar-refractivity contribution in [3.05, 3.63) is 46.2 Å². The molecule has 0 atom stereocenters. The van der Waals surface area contributed by atoms with E-state index in [1.807, 2.05) is 38.1 Å². The van der Waals surface area contributed by atoms with Gasteiger partial charge in [-0.05, 0) is 37.6 Å². The van der Waals surface area contributed by atoms with E-state index >= 15 is 0 Å². The molecule has 0 aliphatic heterocycles. The Kier molecular flexibility index (Phi) is 4.10. The van der Waals surface area contributed by atoms with Crippen molar-refractivity contribution in [3.8, 4) is 11.3 Å². The SMILES string of the molecule is CCc1nnc(Nc2ncnc3oc(-c4ccc(Cl)cc4)c(C)c23)s1. The second kappa shape index (κ2) is 6.42. The van der Waals surface area contributed by atoms with Crippen molar-refractivity contribution in [1.29, 1.82) is 0 Å². The summed E-state index contributed by atoms with van der Waals surface area (Å²) in [6, 6.07) is 7.52. The van der Waals surface area contributed by atoms with Crippen molar-refractivity contribution in [2.24, 2.45) is 0 Å². The summed E-state index contributed by atoms with van der Waals surface area (Å²) in [5, 5.41) is 14.7. The fourth-order valence-electron chi connectivity index (χ4n) is 2.59. The number of aromatic nitrogens is 4. The third kappa shape index (κ3) is 2.96. The summed E-state index contributed by atoms with van der Waals surface area (Å²) in [7, 11) is 0. The van der Waals surface area contributed by atoms with Gasteiger partial charge in [0.25, 0.3) is 0 Å².